The molecule has 0 bridgehead atoms. The number of hydrogen-bond donors (Lipinski definition) is 1. The fraction of sp³-hybridized carbons (Fsp3) is 0.556. The van der Waals surface area contributed by atoms with Gasteiger partial charge in [0.2, 0.25) is 5.91 Å². The topological polar surface area (TPSA) is 46.9 Å². The van der Waals surface area contributed by atoms with Gasteiger partial charge >= 0.3 is 0 Å². The quantitative estimate of drug-likeness (QED) is 0.707. The van der Waals surface area contributed by atoms with Crippen molar-refractivity contribution in [3.63, 3.8) is 0 Å². The molecule has 0 spiro atoms. The van der Waals surface area contributed by atoms with Gasteiger partial charge in [-0.25, -0.2) is 4.98 Å². The zero-order valence-electron chi connectivity index (χ0n) is 7.66. The molecule has 1 aromatic heterocycles. The molecule has 1 unspecified atom stereocenters. The highest BCUT2D eigenvalue weighted by Crippen LogP contribution is 2.11. The van der Waals surface area contributed by atoms with Crippen LogP contribution in [0.3, 0.4) is 0 Å². The maximum absolute atomic E-state index is 10.9. The fourth-order valence-electron chi connectivity index (χ4n) is 1.66. The van der Waals surface area contributed by atoms with Crippen molar-refractivity contribution in [3.05, 3.63) is 18.2 Å². The van der Waals surface area contributed by atoms with E-state index in [4.69, 9.17) is 0 Å². The van der Waals surface area contributed by atoms with Crippen LogP contribution < -0.4 is 5.32 Å². The molecule has 1 saturated heterocycles. The first kappa shape index (κ1) is 8.29. The molecule has 1 atom stereocenters. The molecule has 1 fully saturated rings. The van der Waals surface area contributed by atoms with Gasteiger partial charge in [0.05, 0.1) is 12.0 Å². The molecular formula is C9H13N3O. The first-order chi connectivity index (χ1) is 6.24. The standard InChI is InChI=1S/C9H13N3O/c1-12-5-8(10-6-12)4-7-2-3-9(13)11-7/h5-7H,2-4H2,1H3,(H,11,13). The molecule has 4 heteroatoms. The molecule has 0 saturated carbocycles. The van der Waals surface area contributed by atoms with Crippen molar-refractivity contribution in [3.8, 4) is 0 Å². The van der Waals surface area contributed by atoms with Crippen LogP contribution in [0.4, 0.5) is 0 Å². The molecule has 1 aromatic rings. The van der Waals surface area contributed by atoms with Crippen molar-refractivity contribution in [2.24, 2.45) is 7.05 Å². The van der Waals surface area contributed by atoms with E-state index in [1.54, 1.807) is 6.33 Å². The van der Waals surface area contributed by atoms with Crippen LogP contribution in [0.5, 0.6) is 0 Å². The Kier molecular flexibility index (Phi) is 2.04. The normalized spacial score (nSPS) is 21.9. The number of carbonyl (C=O) groups is 1. The number of hydrogen-bond acceptors (Lipinski definition) is 2. The second kappa shape index (κ2) is 3.20. The number of imidazole rings is 1. The highest BCUT2D eigenvalue weighted by atomic mass is 16.1. The summed E-state index contributed by atoms with van der Waals surface area (Å²) in [5, 5.41) is 2.92. The Bertz CT molecular complexity index is 318. The summed E-state index contributed by atoms with van der Waals surface area (Å²) in [6.07, 6.45) is 6.23. The summed E-state index contributed by atoms with van der Waals surface area (Å²) >= 11 is 0. The molecule has 1 N–H and O–H groups in total. The lowest BCUT2D eigenvalue weighted by Crippen LogP contribution is -2.27. The molecule has 0 radical (unpaired) electrons. The second-order valence-electron chi connectivity index (χ2n) is 3.54. The Morgan fingerprint density at radius 3 is 3.15 bits per heavy atom. The smallest absolute Gasteiger partial charge is 0.220 e. The maximum Gasteiger partial charge on any atom is 0.220 e. The zero-order valence-corrected chi connectivity index (χ0v) is 7.66. The van der Waals surface area contributed by atoms with Crippen LogP contribution in [-0.2, 0) is 18.3 Å². The van der Waals surface area contributed by atoms with Crippen molar-refractivity contribution in [1.82, 2.24) is 14.9 Å². The van der Waals surface area contributed by atoms with Gasteiger partial charge in [0, 0.05) is 32.1 Å². The largest absolute Gasteiger partial charge is 0.353 e. The summed E-state index contributed by atoms with van der Waals surface area (Å²) in [6.45, 7) is 0. The van der Waals surface area contributed by atoms with Gasteiger partial charge in [0.1, 0.15) is 0 Å². The number of aromatic nitrogens is 2. The average molecular weight is 179 g/mol. The van der Waals surface area contributed by atoms with Crippen molar-refractivity contribution >= 4 is 5.91 Å². The predicted octanol–water partition coefficient (Wildman–Crippen LogP) is 0.241. The summed E-state index contributed by atoms with van der Waals surface area (Å²) < 4.78 is 1.92. The summed E-state index contributed by atoms with van der Waals surface area (Å²) in [7, 11) is 1.95. The minimum absolute atomic E-state index is 0.168. The molecular weight excluding hydrogens is 166 g/mol. The van der Waals surface area contributed by atoms with Crippen LogP contribution in [0.25, 0.3) is 0 Å². The van der Waals surface area contributed by atoms with E-state index in [1.807, 2.05) is 17.8 Å². The van der Waals surface area contributed by atoms with Gasteiger partial charge in [-0.1, -0.05) is 0 Å². The van der Waals surface area contributed by atoms with Crippen LogP contribution in [0.1, 0.15) is 18.5 Å². The van der Waals surface area contributed by atoms with E-state index in [-0.39, 0.29) is 5.91 Å². The van der Waals surface area contributed by atoms with E-state index in [1.165, 1.54) is 0 Å². The third-order valence-electron chi connectivity index (χ3n) is 2.30. The summed E-state index contributed by atoms with van der Waals surface area (Å²) in [4.78, 5) is 15.1. The lowest BCUT2D eigenvalue weighted by atomic mass is 10.1. The van der Waals surface area contributed by atoms with Gasteiger partial charge < -0.3 is 9.88 Å². The molecule has 2 heterocycles. The van der Waals surface area contributed by atoms with E-state index in [0.717, 1.165) is 18.5 Å². The van der Waals surface area contributed by atoms with E-state index < -0.39 is 0 Å². The third-order valence-corrected chi connectivity index (χ3v) is 2.30. The molecule has 0 aliphatic carbocycles. The molecule has 13 heavy (non-hydrogen) atoms. The Hall–Kier alpha value is -1.32. The van der Waals surface area contributed by atoms with Gasteiger partial charge in [0.15, 0.2) is 0 Å². The lowest BCUT2D eigenvalue weighted by molar-refractivity contribution is -0.119. The van der Waals surface area contributed by atoms with E-state index in [0.29, 0.717) is 12.5 Å². The maximum atomic E-state index is 10.9. The van der Waals surface area contributed by atoms with Crippen LogP contribution in [0, 0.1) is 0 Å². The molecule has 2 rings (SSSR count). The Morgan fingerprint density at radius 2 is 2.62 bits per heavy atom. The van der Waals surface area contributed by atoms with E-state index in [9.17, 15) is 4.79 Å². The minimum atomic E-state index is 0.168. The molecule has 70 valence electrons. The molecule has 0 aromatic carbocycles. The molecule has 4 nitrogen and oxygen atoms in total. The van der Waals surface area contributed by atoms with Crippen LogP contribution in [-0.4, -0.2) is 21.5 Å². The van der Waals surface area contributed by atoms with Gasteiger partial charge in [-0.05, 0) is 6.42 Å². The van der Waals surface area contributed by atoms with Gasteiger partial charge in [0.25, 0.3) is 0 Å². The average Bonchev–Trinajstić information content (AvgIpc) is 2.62. The van der Waals surface area contributed by atoms with E-state index >= 15 is 0 Å². The zero-order chi connectivity index (χ0) is 9.26. The third kappa shape index (κ3) is 1.88. The van der Waals surface area contributed by atoms with Crippen molar-refractivity contribution in [2.75, 3.05) is 0 Å². The van der Waals surface area contributed by atoms with Crippen LogP contribution in [0.15, 0.2) is 12.5 Å². The Labute approximate surface area is 77.0 Å². The first-order valence-electron chi connectivity index (χ1n) is 4.50. The second-order valence-corrected chi connectivity index (χ2v) is 3.54. The van der Waals surface area contributed by atoms with Crippen molar-refractivity contribution < 1.29 is 4.79 Å². The molecule has 1 amide bonds. The minimum Gasteiger partial charge on any atom is -0.353 e. The number of carbonyl (C=O) groups excluding carboxylic acids is 1. The van der Waals surface area contributed by atoms with Crippen molar-refractivity contribution in [2.45, 2.75) is 25.3 Å². The summed E-state index contributed by atoms with van der Waals surface area (Å²) in [5.74, 6) is 0.168. The Morgan fingerprint density at radius 1 is 1.77 bits per heavy atom. The number of amides is 1. The van der Waals surface area contributed by atoms with Crippen LogP contribution >= 0.6 is 0 Å². The number of nitrogens with zero attached hydrogens (tertiary/aromatic N) is 2. The predicted molar refractivity (Wildman–Crippen MR) is 48.1 cm³/mol. The number of rotatable bonds is 2. The lowest BCUT2D eigenvalue weighted by Gasteiger charge is -2.06. The molecule has 1 aliphatic rings. The number of aryl methyl sites for hydroxylation is 1. The highest BCUT2D eigenvalue weighted by Gasteiger charge is 2.21. The number of nitrogens with one attached hydrogen (secondary N) is 1. The van der Waals surface area contributed by atoms with Crippen molar-refractivity contribution in [1.29, 1.82) is 0 Å². The highest BCUT2D eigenvalue weighted by molar-refractivity contribution is 5.78. The fourth-order valence-corrected chi connectivity index (χ4v) is 1.66. The monoisotopic (exact) mass is 179 g/mol. The van der Waals surface area contributed by atoms with Gasteiger partial charge in [-0.2, -0.15) is 0 Å². The van der Waals surface area contributed by atoms with Gasteiger partial charge in [-0.3, -0.25) is 4.79 Å². The van der Waals surface area contributed by atoms with Crippen LogP contribution in [0.2, 0.25) is 0 Å². The molecule has 1 aliphatic heterocycles. The summed E-state index contributed by atoms with van der Waals surface area (Å²) in [6, 6.07) is 0.294. The summed E-state index contributed by atoms with van der Waals surface area (Å²) in [5.41, 5.74) is 1.05. The first-order valence-corrected chi connectivity index (χ1v) is 4.50. The Balaban J connectivity index is 1.95. The van der Waals surface area contributed by atoms with E-state index in [2.05, 4.69) is 10.3 Å². The SMILES string of the molecule is Cn1cnc(CC2CCC(=O)N2)c1. The van der Waals surface area contributed by atoms with Gasteiger partial charge in [-0.15, -0.1) is 0 Å².